The minimum Gasteiger partial charge on any atom is -0.370 e. The highest BCUT2D eigenvalue weighted by atomic mass is 32.1. The summed E-state index contributed by atoms with van der Waals surface area (Å²) in [5.41, 5.74) is 5.02. The maximum atomic E-state index is 10.6. The number of nitrogens with two attached hydrogens (primary N) is 1. The fraction of sp³-hybridized carbons (Fsp3) is 0.357. The van der Waals surface area contributed by atoms with Crippen molar-refractivity contribution >= 4 is 28.6 Å². The molecule has 0 spiro atoms. The van der Waals surface area contributed by atoms with Crippen molar-refractivity contribution in [1.82, 2.24) is 5.32 Å². The lowest BCUT2D eigenvalue weighted by Gasteiger charge is -2.16. The number of hydrogen-bond donors (Lipinski definition) is 2. The maximum absolute atomic E-state index is 10.6. The Morgan fingerprint density at radius 1 is 1.30 bits per heavy atom. The van der Waals surface area contributed by atoms with Crippen LogP contribution in [-0.2, 0) is 16.0 Å². The molecule has 0 saturated carbocycles. The molecule has 0 bridgehead atoms. The highest BCUT2D eigenvalue weighted by molar-refractivity contribution is 7.10. The summed E-state index contributed by atoms with van der Waals surface area (Å²) in [5.74, 6) is -0.432. The fourth-order valence-electron chi connectivity index (χ4n) is 1.87. The van der Waals surface area contributed by atoms with Gasteiger partial charge >= 0.3 is 0 Å². The monoisotopic (exact) mass is 310 g/mol. The van der Waals surface area contributed by atoms with E-state index in [1.54, 1.807) is 22.7 Å². The van der Waals surface area contributed by atoms with E-state index in [0.29, 0.717) is 13.2 Å². The third-order valence-corrected chi connectivity index (χ3v) is 4.64. The summed E-state index contributed by atoms with van der Waals surface area (Å²) in [4.78, 5) is 13.2. The van der Waals surface area contributed by atoms with Crippen LogP contribution in [0.1, 0.15) is 15.8 Å². The van der Waals surface area contributed by atoms with E-state index in [1.807, 2.05) is 0 Å². The number of amides is 1. The third-order valence-electron chi connectivity index (χ3n) is 2.75. The third kappa shape index (κ3) is 5.05. The number of primary amides is 1. The number of carbonyl (C=O) groups is 1. The van der Waals surface area contributed by atoms with Crippen molar-refractivity contribution < 1.29 is 9.53 Å². The molecule has 2 rings (SSSR count). The van der Waals surface area contributed by atoms with Crippen molar-refractivity contribution in [3.05, 3.63) is 44.8 Å². The lowest BCUT2D eigenvalue weighted by molar-refractivity contribution is -0.122. The Bertz CT molecular complexity index is 497. The zero-order chi connectivity index (χ0) is 14.2. The molecule has 108 valence electrons. The topological polar surface area (TPSA) is 64.4 Å². The summed E-state index contributed by atoms with van der Waals surface area (Å²) >= 11 is 3.52. The van der Waals surface area contributed by atoms with Crippen molar-refractivity contribution in [3.63, 3.8) is 0 Å². The van der Waals surface area contributed by atoms with Crippen LogP contribution in [0.2, 0.25) is 0 Å². The molecule has 0 saturated heterocycles. The number of ether oxygens (including phenoxy) is 1. The molecule has 0 aliphatic heterocycles. The van der Waals surface area contributed by atoms with E-state index in [2.05, 4.69) is 40.3 Å². The quantitative estimate of drug-likeness (QED) is 0.698. The van der Waals surface area contributed by atoms with Crippen molar-refractivity contribution in [2.24, 2.45) is 5.73 Å². The molecule has 1 amide bonds. The van der Waals surface area contributed by atoms with Crippen LogP contribution in [0.5, 0.6) is 0 Å². The minimum atomic E-state index is -0.432. The van der Waals surface area contributed by atoms with Gasteiger partial charge in [0.05, 0.1) is 6.61 Å². The largest absolute Gasteiger partial charge is 0.370 e. The molecule has 2 aromatic heterocycles. The number of carbonyl (C=O) groups excluding carboxylic acids is 1. The van der Waals surface area contributed by atoms with E-state index < -0.39 is 5.91 Å². The van der Waals surface area contributed by atoms with Crippen molar-refractivity contribution in [2.75, 3.05) is 19.8 Å². The van der Waals surface area contributed by atoms with Gasteiger partial charge in [0.2, 0.25) is 5.91 Å². The standard InChI is InChI=1S/C14H18N2O2S2/c15-14(17)10-18-6-5-16-12(13-4-2-8-20-13)9-11-3-1-7-19-11/h1-4,7-8,12,16H,5-6,9-10H2,(H2,15,17). The number of nitrogens with one attached hydrogen (secondary N) is 1. The normalized spacial score (nSPS) is 12.4. The van der Waals surface area contributed by atoms with Gasteiger partial charge in [-0.15, -0.1) is 22.7 Å². The average Bonchev–Trinajstić information content (AvgIpc) is 3.09. The first-order valence-corrected chi connectivity index (χ1v) is 8.17. The van der Waals surface area contributed by atoms with Gasteiger partial charge in [-0.3, -0.25) is 4.79 Å². The smallest absolute Gasteiger partial charge is 0.243 e. The Hall–Kier alpha value is -1.21. The van der Waals surface area contributed by atoms with Gasteiger partial charge < -0.3 is 15.8 Å². The Morgan fingerprint density at radius 2 is 2.10 bits per heavy atom. The van der Waals surface area contributed by atoms with E-state index in [9.17, 15) is 4.79 Å². The van der Waals surface area contributed by atoms with Crippen molar-refractivity contribution in [2.45, 2.75) is 12.5 Å². The van der Waals surface area contributed by atoms with E-state index in [0.717, 1.165) is 6.42 Å². The molecule has 6 heteroatoms. The lowest BCUT2D eigenvalue weighted by Crippen LogP contribution is -2.28. The zero-order valence-electron chi connectivity index (χ0n) is 11.1. The predicted octanol–water partition coefficient (Wildman–Crippen LogP) is 2.18. The average molecular weight is 310 g/mol. The Balaban J connectivity index is 1.82. The van der Waals surface area contributed by atoms with Crippen LogP contribution in [0.25, 0.3) is 0 Å². The van der Waals surface area contributed by atoms with Gasteiger partial charge in [-0.1, -0.05) is 12.1 Å². The van der Waals surface area contributed by atoms with E-state index in [1.165, 1.54) is 9.75 Å². The minimum absolute atomic E-state index is 0.0176. The van der Waals surface area contributed by atoms with Gasteiger partial charge in [0.25, 0.3) is 0 Å². The highest BCUT2D eigenvalue weighted by Gasteiger charge is 2.13. The Labute approximate surface area is 126 Å². The van der Waals surface area contributed by atoms with Crippen LogP contribution in [0.3, 0.4) is 0 Å². The van der Waals surface area contributed by atoms with Crippen LogP contribution in [0, 0.1) is 0 Å². The van der Waals surface area contributed by atoms with Crippen LogP contribution < -0.4 is 11.1 Å². The highest BCUT2D eigenvalue weighted by Crippen LogP contribution is 2.24. The molecule has 1 atom stereocenters. The number of thiophene rings is 2. The molecule has 2 aromatic rings. The summed E-state index contributed by atoms with van der Waals surface area (Å²) in [6.45, 7) is 1.16. The molecule has 2 heterocycles. The van der Waals surface area contributed by atoms with Gasteiger partial charge in [0, 0.05) is 28.8 Å². The lowest BCUT2D eigenvalue weighted by atomic mass is 10.1. The Morgan fingerprint density at radius 3 is 2.75 bits per heavy atom. The van der Waals surface area contributed by atoms with Crippen LogP contribution in [0.15, 0.2) is 35.0 Å². The molecule has 4 nitrogen and oxygen atoms in total. The van der Waals surface area contributed by atoms with Crippen molar-refractivity contribution in [3.8, 4) is 0 Å². The molecule has 0 aromatic carbocycles. The zero-order valence-corrected chi connectivity index (χ0v) is 12.7. The van der Waals surface area contributed by atoms with Gasteiger partial charge in [0.1, 0.15) is 6.61 Å². The summed E-state index contributed by atoms with van der Waals surface area (Å²) in [7, 11) is 0. The van der Waals surface area contributed by atoms with Crippen LogP contribution in [-0.4, -0.2) is 25.7 Å². The molecular formula is C14H18N2O2S2. The molecule has 3 N–H and O–H groups in total. The summed E-state index contributed by atoms with van der Waals surface area (Å²) in [6, 6.07) is 8.70. The second kappa shape index (κ2) is 8.16. The van der Waals surface area contributed by atoms with Gasteiger partial charge in [-0.2, -0.15) is 0 Å². The molecule has 0 fully saturated rings. The number of rotatable bonds is 9. The first-order valence-electron chi connectivity index (χ1n) is 6.41. The fourth-order valence-corrected chi connectivity index (χ4v) is 3.43. The molecular weight excluding hydrogens is 292 g/mol. The van der Waals surface area contributed by atoms with Crippen LogP contribution >= 0.6 is 22.7 Å². The molecule has 1 unspecified atom stereocenters. The molecule has 20 heavy (non-hydrogen) atoms. The van der Waals surface area contributed by atoms with E-state index in [4.69, 9.17) is 10.5 Å². The molecule has 0 radical (unpaired) electrons. The first-order chi connectivity index (χ1) is 9.75. The summed E-state index contributed by atoms with van der Waals surface area (Å²) < 4.78 is 5.17. The van der Waals surface area contributed by atoms with Gasteiger partial charge in [-0.05, 0) is 22.9 Å². The van der Waals surface area contributed by atoms with Gasteiger partial charge in [-0.25, -0.2) is 0 Å². The van der Waals surface area contributed by atoms with Gasteiger partial charge in [0.15, 0.2) is 0 Å². The predicted molar refractivity (Wildman–Crippen MR) is 83.1 cm³/mol. The SMILES string of the molecule is NC(=O)COCCNC(Cc1cccs1)c1cccs1. The molecule has 0 aliphatic rings. The number of hydrogen-bond acceptors (Lipinski definition) is 5. The first kappa shape index (κ1) is 15.2. The molecule has 0 aliphatic carbocycles. The Kier molecular flexibility index (Phi) is 6.20. The van der Waals surface area contributed by atoms with Crippen LogP contribution in [0.4, 0.5) is 0 Å². The summed E-state index contributed by atoms with van der Waals surface area (Å²) in [6.07, 6.45) is 0.966. The second-order valence-electron chi connectivity index (χ2n) is 4.32. The van der Waals surface area contributed by atoms with Crippen molar-refractivity contribution in [1.29, 1.82) is 0 Å². The van der Waals surface area contributed by atoms with E-state index >= 15 is 0 Å². The maximum Gasteiger partial charge on any atom is 0.243 e. The second-order valence-corrected chi connectivity index (χ2v) is 6.34. The van der Waals surface area contributed by atoms with E-state index in [-0.39, 0.29) is 12.6 Å². The summed E-state index contributed by atoms with van der Waals surface area (Å²) in [5, 5.41) is 7.65.